The molecule has 1 aliphatic heterocycles. The van der Waals surface area contributed by atoms with Gasteiger partial charge in [-0.15, -0.1) is 0 Å². The minimum Gasteiger partial charge on any atom is -0.361 e. The monoisotopic (exact) mass is 176 g/mol. The fourth-order valence-corrected chi connectivity index (χ4v) is 1.45. The van der Waals surface area contributed by atoms with Gasteiger partial charge in [0.15, 0.2) is 5.78 Å². The van der Waals surface area contributed by atoms with E-state index in [0.29, 0.717) is 0 Å². The van der Waals surface area contributed by atoms with E-state index in [1.54, 1.807) is 0 Å². The zero-order valence-corrected chi connectivity index (χ0v) is 7.57. The lowest BCUT2D eigenvalue weighted by molar-refractivity contribution is 0.0953. The first kappa shape index (κ1) is 8.45. The van der Waals surface area contributed by atoms with Crippen molar-refractivity contribution in [2.75, 3.05) is 0 Å². The van der Waals surface area contributed by atoms with Crippen molar-refractivity contribution in [2.24, 2.45) is 0 Å². The van der Waals surface area contributed by atoms with Crippen molar-refractivity contribution in [2.45, 2.75) is 25.6 Å². The molecule has 0 aromatic heterocycles. The Balaban J connectivity index is 2.07. The number of epoxide rings is 1. The second kappa shape index (κ2) is 3.30. The van der Waals surface area contributed by atoms with Gasteiger partial charge in [-0.3, -0.25) is 4.79 Å². The van der Waals surface area contributed by atoms with Crippen molar-refractivity contribution in [1.82, 2.24) is 0 Å². The van der Waals surface area contributed by atoms with Crippen LogP contribution < -0.4 is 0 Å². The minimum absolute atomic E-state index is 0.118. The number of ether oxygens (including phenoxy) is 1. The normalized spacial score (nSPS) is 25.6. The Bertz CT molecular complexity index is 305. The average molecular weight is 176 g/mol. The summed E-state index contributed by atoms with van der Waals surface area (Å²) in [5.41, 5.74) is 0.753. The maximum Gasteiger partial charge on any atom is 0.194 e. The van der Waals surface area contributed by atoms with Crippen molar-refractivity contribution >= 4 is 5.78 Å². The van der Waals surface area contributed by atoms with Gasteiger partial charge in [0, 0.05) is 5.56 Å². The molecule has 0 spiro atoms. The summed E-state index contributed by atoms with van der Waals surface area (Å²) < 4.78 is 5.23. The van der Waals surface area contributed by atoms with E-state index in [1.165, 1.54) is 0 Å². The number of ketones is 1. The molecule has 0 unspecified atom stereocenters. The van der Waals surface area contributed by atoms with E-state index in [1.807, 2.05) is 37.3 Å². The van der Waals surface area contributed by atoms with Crippen LogP contribution in [0, 0.1) is 0 Å². The van der Waals surface area contributed by atoms with Gasteiger partial charge in [0.2, 0.25) is 0 Å². The van der Waals surface area contributed by atoms with E-state index in [4.69, 9.17) is 4.74 Å². The van der Waals surface area contributed by atoms with Gasteiger partial charge < -0.3 is 4.74 Å². The van der Waals surface area contributed by atoms with Gasteiger partial charge in [-0.1, -0.05) is 37.3 Å². The zero-order chi connectivity index (χ0) is 9.26. The number of hydrogen-bond donors (Lipinski definition) is 0. The van der Waals surface area contributed by atoms with E-state index in [2.05, 4.69) is 0 Å². The summed E-state index contributed by atoms with van der Waals surface area (Å²) in [6, 6.07) is 9.31. The summed E-state index contributed by atoms with van der Waals surface area (Å²) in [7, 11) is 0. The predicted molar refractivity (Wildman–Crippen MR) is 49.7 cm³/mol. The average Bonchev–Trinajstić information content (AvgIpc) is 2.97. The van der Waals surface area contributed by atoms with Crippen molar-refractivity contribution in [1.29, 1.82) is 0 Å². The molecule has 1 aliphatic rings. The van der Waals surface area contributed by atoms with Crippen LogP contribution in [0.1, 0.15) is 23.7 Å². The van der Waals surface area contributed by atoms with E-state index in [-0.39, 0.29) is 18.0 Å². The van der Waals surface area contributed by atoms with Gasteiger partial charge in [-0.2, -0.15) is 0 Å². The van der Waals surface area contributed by atoms with Crippen molar-refractivity contribution in [3.05, 3.63) is 35.9 Å². The highest BCUT2D eigenvalue weighted by Crippen LogP contribution is 2.28. The standard InChI is InChI=1S/C11H12O2/c1-2-9-11(13-9)10(12)8-6-4-3-5-7-8/h3-7,9,11H,2H2,1H3/t9-,11+/m1/s1. The Morgan fingerprint density at radius 3 is 2.62 bits per heavy atom. The number of rotatable bonds is 3. The molecule has 0 saturated carbocycles. The molecule has 0 amide bonds. The van der Waals surface area contributed by atoms with Gasteiger partial charge in [-0.05, 0) is 6.42 Å². The molecule has 1 saturated heterocycles. The molecule has 1 heterocycles. The summed E-state index contributed by atoms with van der Waals surface area (Å²) in [4.78, 5) is 11.7. The molecule has 2 nitrogen and oxygen atoms in total. The molecule has 0 radical (unpaired) electrons. The Morgan fingerprint density at radius 2 is 2.08 bits per heavy atom. The number of Topliss-reactive ketones (excluding diaryl/α,β-unsaturated/α-hetero) is 1. The molecule has 2 rings (SSSR count). The summed E-state index contributed by atoms with van der Waals surface area (Å²) in [6.07, 6.45) is 0.906. The largest absolute Gasteiger partial charge is 0.361 e. The predicted octanol–water partition coefficient (Wildman–Crippen LogP) is 2.05. The molecule has 1 aromatic rings. The lowest BCUT2D eigenvalue weighted by Crippen LogP contribution is -2.09. The van der Waals surface area contributed by atoms with Crippen LogP contribution in [0.4, 0.5) is 0 Å². The van der Waals surface area contributed by atoms with Crippen molar-refractivity contribution in [3.8, 4) is 0 Å². The van der Waals surface area contributed by atoms with Crippen LogP contribution in [0.15, 0.2) is 30.3 Å². The third-order valence-electron chi connectivity index (χ3n) is 2.30. The fourth-order valence-electron chi connectivity index (χ4n) is 1.45. The lowest BCUT2D eigenvalue weighted by atomic mass is 10.1. The molecule has 1 aromatic carbocycles. The second-order valence-electron chi connectivity index (χ2n) is 3.23. The summed E-state index contributed by atoms with van der Waals surface area (Å²) in [6.45, 7) is 2.03. The van der Waals surface area contributed by atoms with Crippen LogP contribution in [0.2, 0.25) is 0 Å². The van der Waals surface area contributed by atoms with Gasteiger partial charge in [-0.25, -0.2) is 0 Å². The number of benzene rings is 1. The minimum atomic E-state index is -0.174. The van der Waals surface area contributed by atoms with Crippen LogP contribution >= 0.6 is 0 Å². The molecule has 0 N–H and O–H groups in total. The highest BCUT2D eigenvalue weighted by atomic mass is 16.6. The molecule has 13 heavy (non-hydrogen) atoms. The lowest BCUT2D eigenvalue weighted by Gasteiger charge is -1.94. The first-order chi connectivity index (χ1) is 6.33. The van der Waals surface area contributed by atoms with Crippen LogP contribution in [-0.4, -0.2) is 18.0 Å². The highest BCUT2D eigenvalue weighted by molar-refractivity contribution is 6.01. The van der Waals surface area contributed by atoms with E-state index in [9.17, 15) is 4.79 Å². The maximum atomic E-state index is 11.7. The van der Waals surface area contributed by atoms with Gasteiger partial charge >= 0.3 is 0 Å². The molecule has 0 aliphatic carbocycles. The first-order valence-corrected chi connectivity index (χ1v) is 4.57. The van der Waals surface area contributed by atoms with Gasteiger partial charge in [0.25, 0.3) is 0 Å². The van der Waals surface area contributed by atoms with Crippen molar-refractivity contribution in [3.63, 3.8) is 0 Å². The number of hydrogen-bond acceptors (Lipinski definition) is 2. The van der Waals surface area contributed by atoms with Crippen LogP contribution in [0.5, 0.6) is 0 Å². The van der Waals surface area contributed by atoms with Crippen LogP contribution in [-0.2, 0) is 4.74 Å². The molecule has 2 heteroatoms. The SMILES string of the molecule is CC[C@H]1O[C@@H]1C(=O)c1ccccc1. The van der Waals surface area contributed by atoms with E-state index >= 15 is 0 Å². The fraction of sp³-hybridized carbons (Fsp3) is 0.364. The van der Waals surface area contributed by atoms with E-state index < -0.39 is 0 Å². The summed E-state index contributed by atoms with van der Waals surface area (Å²) in [5.74, 6) is 0.118. The second-order valence-corrected chi connectivity index (χ2v) is 3.23. The Hall–Kier alpha value is -1.15. The smallest absolute Gasteiger partial charge is 0.194 e. The highest BCUT2D eigenvalue weighted by Gasteiger charge is 2.43. The Labute approximate surface area is 77.5 Å². The molecule has 2 atom stereocenters. The Morgan fingerprint density at radius 1 is 1.38 bits per heavy atom. The first-order valence-electron chi connectivity index (χ1n) is 4.57. The summed E-state index contributed by atoms with van der Waals surface area (Å²) in [5, 5.41) is 0. The van der Waals surface area contributed by atoms with Crippen molar-refractivity contribution < 1.29 is 9.53 Å². The van der Waals surface area contributed by atoms with Crippen LogP contribution in [0.25, 0.3) is 0 Å². The van der Waals surface area contributed by atoms with Gasteiger partial charge in [0.05, 0.1) is 6.10 Å². The molecular formula is C11H12O2. The molecule has 68 valence electrons. The third kappa shape index (κ3) is 1.63. The van der Waals surface area contributed by atoms with Crippen LogP contribution in [0.3, 0.4) is 0 Å². The molecule has 1 fully saturated rings. The third-order valence-corrected chi connectivity index (χ3v) is 2.30. The maximum absolute atomic E-state index is 11.7. The Kier molecular flexibility index (Phi) is 2.15. The molecule has 0 bridgehead atoms. The summed E-state index contributed by atoms with van der Waals surface area (Å²) >= 11 is 0. The quantitative estimate of drug-likeness (QED) is 0.521. The topological polar surface area (TPSA) is 29.6 Å². The number of carbonyl (C=O) groups excluding carboxylic acids is 1. The van der Waals surface area contributed by atoms with Gasteiger partial charge in [0.1, 0.15) is 6.10 Å². The number of carbonyl (C=O) groups is 1. The zero-order valence-electron chi connectivity index (χ0n) is 7.57. The molecular weight excluding hydrogens is 164 g/mol. The van der Waals surface area contributed by atoms with E-state index in [0.717, 1.165) is 12.0 Å².